The van der Waals surface area contributed by atoms with E-state index >= 15 is 0 Å². The second kappa shape index (κ2) is 2.47. The first-order valence-electron chi connectivity index (χ1n) is 3.21. The van der Waals surface area contributed by atoms with Gasteiger partial charge in [-0.3, -0.25) is 0 Å². The van der Waals surface area contributed by atoms with Gasteiger partial charge in [0.25, 0.3) is 0 Å². The fourth-order valence-corrected chi connectivity index (χ4v) is 0.986. The van der Waals surface area contributed by atoms with E-state index in [1.165, 1.54) is 0 Å². The molecule has 0 bridgehead atoms. The molecule has 0 aromatic carbocycles. The lowest BCUT2D eigenvalue weighted by atomic mass is 9.97. The highest BCUT2D eigenvalue weighted by Gasteiger charge is 2.35. The number of aliphatic hydroxyl groups is 3. The van der Waals surface area contributed by atoms with Crippen molar-refractivity contribution in [2.75, 3.05) is 6.61 Å². The Morgan fingerprint density at radius 2 is 2.10 bits per heavy atom. The molecule has 3 atom stereocenters. The first kappa shape index (κ1) is 7.94. The van der Waals surface area contributed by atoms with E-state index in [1.807, 2.05) is 0 Å². The van der Waals surface area contributed by atoms with Gasteiger partial charge in [-0.25, -0.2) is 0 Å². The van der Waals surface area contributed by atoms with Crippen LogP contribution in [0.3, 0.4) is 0 Å². The van der Waals surface area contributed by atoms with E-state index in [-0.39, 0.29) is 13.0 Å². The molecule has 0 radical (unpaired) electrons. The van der Waals surface area contributed by atoms with Crippen molar-refractivity contribution in [1.82, 2.24) is 0 Å². The second-order valence-electron chi connectivity index (χ2n) is 2.97. The summed E-state index contributed by atoms with van der Waals surface area (Å²) in [5.74, 6) is 0. The Morgan fingerprint density at radius 1 is 1.50 bits per heavy atom. The summed E-state index contributed by atoms with van der Waals surface area (Å²) in [6.07, 6.45) is -1.95. The molecule has 3 unspecified atom stereocenters. The molecular formula is C6H12O4. The first-order chi connectivity index (χ1) is 4.51. The van der Waals surface area contributed by atoms with E-state index in [0.717, 1.165) is 0 Å². The van der Waals surface area contributed by atoms with Crippen LogP contribution < -0.4 is 0 Å². The van der Waals surface area contributed by atoms with Crippen molar-refractivity contribution in [1.29, 1.82) is 0 Å². The molecular weight excluding hydrogens is 136 g/mol. The van der Waals surface area contributed by atoms with Gasteiger partial charge in [0, 0.05) is 6.42 Å². The zero-order chi connectivity index (χ0) is 7.78. The number of rotatable bonds is 0. The maximum atomic E-state index is 9.27. The van der Waals surface area contributed by atoms with E-state index < -0.39 is 18.0 Å². The molecule has 4 heteroatoms. The molecule has 1 saturated heterocycles. The Kier molecular flexibility index (Phi) is 1.96. The molecule has 3 N–H and O–H groups in total. The van der Waals surface area contributed by atoms with E-state index in [4.69, 9.17) is 10.2 Å². The van der Waals surface area contributed by atoms with Crippen LogP contribution in [0, 0.1) is 0 Å². The van der Waals surface area contributed by atoms with Crippen molar-refractivity contribution < 1.29 is 20.1 Å². The van der Waals surface area contributed by atoms with Gasteiger partial charge in [0.2, 0.25) is 0 Å². The van der Waals surface area contributed by atoms with E-state index in [1.54, 1.807) is 6.92 Å². The summed E-state index contributed by atoms with van der Waals surface area (Å²) in [4.78, 5) is 0. The Morgan fingerprint density at radius 3 is 2.50 bits per heavy atom. The minimum atomic E-state index is -1.14. The van der Waals surface area contributed by atoms with Gasteiger partial charge in [0.1, 0.15) is 6.10 Å². The number of ether oxygens (including phenoxy) is 1. The van der Waals surface area contributed by atoms with Crippen molar-refractivity contribution in [3.05, 3.63) is 0 Å². The van der Waals surface area contributed by atoms with E-state index in [0.29, 0.717) is 0 Å². The van der Waals surface area contributed by atoms with Crippen LogP contribution in [0.15, 0.2) is 0 Å². The maximum absolute atomic E-state index is 9.27. The monoisotopic (exact) mass is 148 g/mol. The third kappa shape index (κ3) is 1.67. The predicted octanol–water partition coefficient (Wildman–Crippen LogP) is -1.16. The summed E-state index contributed by atoms with van der Waals surface area (Å²) < 4.78 is 4.66. The minimum absolute atomic E-state index is 0.0746. The van der Waals surface area contributed by atoms with Crippen LogP contribution in [-0.2, 0) is 4.74 Å². The van der Waals surface area contributed by atoms with E-state index in [2.05, 4.69) is 4.74 Å². The lowest BCUT2D eigenvalue weighted by molar-refractivity contribution is -0.235. The molecule has 0 spiro atoms. The summed E-state index contributed by atoms with van der Waals surface area (Å²) in [5, 5.41) is 27.1. The Labute approximate surface area is 59.1 Å². The Balaban J connectivity index is 2.49. The van der Waals surface area contributed by atoms with Crippen LogP contribution >= 0.6 is 0 Å². The van der Waals surface area contributed by atoms with Gasteiger partial charge in [0.05, 0.1) is 12.2 Å². The fourth-order valence-electron chi connectivity index (χ4n) is 0.986. The van der Waals surface area contributed by atoms with Crippen molar-refractivity contribution in [2.24, 2.45) is 0 Å². The molecule has 0 aromatic rings. The van der Waals surface area contributed by atoms with Gasteiger partial charge >= 0.3 is 0 Å². The van der Waals surface area contributed by atoms with Crippen molar-refractivity contribution >= 4 is 0 Å². The van der Waals surface area contributed by atoms with Gasteiger partial charge in [0.15, 0.2) is 6.29 Å². The molecule has 0 aliphatic carbocycles. The highest BCUT2D eigenvalue weighted by molar-refractivity contribution is 4.81. The van der Waals surface area contributed by atoms with Gasteiger partial charge in [-0.05, 0) is 6.92 Å². The van der Waals surface area contributed by atoms with Crippen LogP contribution in [0.1, 0.15) is 13.3 Å². The number of hydrogen-bond acceptors (Lipinski definition) is 4. The van der Waals surface area contributed by atoms with Crippen molar-refractivity contribution in [2.45, 2.75) is 31.3 Å². The molecule has 4 nitrogen and oxygen atoms in total. The first-order valence-corrected chi connectivity index (χ1v) is 3.21. The summed E-state index contributed by atoms with van der Waals surface area (Å²) in [6.45, 7) is 1.63. The summed E-state index contributed by atoms with van der Waals surface area (Å²) >= 11 is 0. The third-order valence-electron chi connectivity index (χ3n) is 1.54. The quantitative estimate of drug-likeness (QED) is 0.405. The lowest BCUT2D eigenvalue weighted by Gasteiger charge is -2.34. The topological polar surface area (TPSA) is 69.9 Å². The van der Waals surface area contributed by atoms with Crippen LogP contribution in [0.5, 0.6) is 0 Å². The average Bonchev–Trinajstić information content (AvgIpc) is 1.79. The highest BCUT2D eigenvalue weighted by Crippen LogP contribution is 2.21. The number of aliphatic hydroxyl groups excluding tert-OH is 2. The molecule has 0 amide bonds. The lowest BCUT2D eigenvalue weighted by Crippen LogP contribution is -2.47. The largest absolute Gasteiger partial charge is 0.388 e. The Bertz CT molecular complexity index is 123. The standard InChI is InChI=1S/C6H12O4/c1-6(9)2-4(7)5(8)10-3-6/h4-5,7-9H,2-3H2,1H3. The van der Waals surface area contributed by atoms with Crippen molar-refractivity contribution in [3.63, 3.8) is 0 Å². The smallest absolute Gasteiger partial charge is 0.181 e. The minimum Gasteiger partial charge on any atom is -0.388 e. The summed E-state index contributed by atoms with van der Waals surface area (Å²) in [5.41, 5.74) is -1.00. The summed E-state index contributed by atoms with van der Waals surface area (Å²) in [7, 11) is 0. The molecule has 60 valence electrons. The average molecular weight is 148 g/mol. The zero-order valence-electron chi connectivity index (χ0n) is 5.82. The van der Waals surface area contributed by atoms with Crippen LogP contribution in [0.2, 0.25) is 0 Å². The second-order valence-corrected chi connectivity index (χ2v) is 2.97. The van der Waals surface area contributed by atoms with Crippen molar-refractivity contribution in [3.8, 4) is 0 Å². The van der Waals surface area contributed by atoms with Gasteiger partial charge in [-0.1, -0.05) is 0 Å². The molecule has 1 aliphatic heterocycles. The predicted molar refractivity (Wildman–Crippen MR) is 33.2 cm³/mol. The van der Waals surface area contributed by atoms with Crippen LogP contribution in [0.4, 0.5) is 0 Å². The van der Waals surface area contributed by atoms with E-state index in [9.17, 15) is 5.11 Å². The van der Waals surface area contributed by atoms with Gasteiger partial charge in [-0.2, -0.15) is 0 Å². The molecule has 1 rings (SSSR count). The molecule has 1 aliphatic rings. The molecule has 10 heavy (non-hydrogen) atoms. The highest BCUT2D eigenvalue weighted by atomic mass is 16.6. The normalized spacial score (nSPS) is 49.2. The zero-order valence-corrected chi connectivity index (χ0v) is 5.82. The third-order valence-corrected chi connectivity index (χ3v) is 1.54. The molecule has 0 saturated carbocycles. The van der Waals surface area contributed by atoms with Gasteiger partial charge in [-0.15, -0.1) is 0 Å². The van der Waals surface area contributed by atoms with Crippen LogP contribution in [-0.4, -0.2) is 39.9 Å². The molecule has 1 heterocycles. The van der Waals surface area contributed by atoms with Gasteiger partial charge < -0.3 is 20.1 Å². The van der Waals surface area contributed by atoms with Crippen LogP contribution in [0.25, 0.3) is 0 Å². The Hall–Kier alpha value is -0.160. The fraction of sp³-hybridized carbons (Fsp3) is 1.00. The maximum Gasteiger partial charge on any atom is 0.181 e. The molecule has 1 fully saturated rings. The SMILES string of the molecule is CC1(O)COC(O)C(O)C1. The number of hydrogen-bond donors (Lipinski definition) is 3. The molecule has 0 aromatic heterocycles. The summed E-state index contributed by atoms with van der Waals surface area (Å²) in [6, 6.07) is 0.